The fraction of sp³-hybridized carbons (Fsp3) is 0.556. The smallest absolute Gasteiger partial charge is 0.197 e. The SMILES string of the molecule is CN(C)[C@H]1CN(c2nc(-c3ccco3)nc3c2CCNCC3)C[C@@H]1O. The van der Waals surface area contributed by atoms with E-state index in [2.05, 4.69) is 15.1 Å². The normalized spacial score (nSPS) is 23.8. The van der Waals surface area contributed by atoms with E-state index in [1.54, 1.807) is 6.26 Å². The fourth-order valence-electron chi connectivity index (χ4n) is 3.75. The summed E-state index contributed by atoms with van der Waals surface area (Å²) in [4.78, 5) is 13.9. The summed E-state index contributed by atoms with van der Waals surface area (Å²) < 4.78 is 5.52. The molecule has 2 aromatic rings. The Balaban J connectivity index is 1.76. The van der Waals surface area contributed by atoms with Crippen LogP contribution in [-0.2, 0) is 12.8 Å². The molecule has 0 spiro atoms. The molecule has 4 rings (SSSR count). The topological polar surface area (TPSA) is 77.7 Å². The van der Waals surface area contributed by atoms with Crippen molar-refractivity contribution in [3.05, 3.63) is 29.7 Å². The maximum absolute atomic E-state index is 10.4. The Kier molecular flexibility index (Phi) is 4.45. The Morgan fingerprint density at radius 3 is 2.80 bits per heavy atom. The molecule has 25 heavy (non-hydrogen) atoms. The molecule has 0 radical (unpaired) electrons. The predicted octanol–water partition coefficient (Wildman–Crippen LogP) is 0.536. The number of hydrogen-bond acceptors (Lipinski definition) is 7. The number of aliphatic hydroxyl groups excluding tert-OH is 1. The van der Waals surface area contributed by atoms with Crippen molar-refractivity contribution in [2.24, 2.45) is 0 Å². The minimum absolute atomic E-state index is 0.113. The molecule has 0 aromatic carbocycles. The van der Waals surface area contributed by atoms with Crippen LogP contribution in [0.4, 0.5) is 5.82 Å². The highest BCUT2D eigenvalue weighted by Crippen LogP contribution is 2.30. The first-order valence-corrected chi connectivity index (χ1v) is 8.87. The highest BCUT2D eigenvalue weighted by atomic mass is 16.3. The van der Waals surface area contributed by atoms with Gasteiger partial charge in [0, 0.05) is 31.6 Å². The van der Waals surface area contributed by atoms with Crippen molar-refractivity contribution in [1.82, 2.24) is 20.2 Å². The molecule has 7 heteroatoms. The molecule has 2 aliphatic rings. The summed E-state index contributed by atoms with van der Waals surface area (Å²) in [5, 5.41) is 13.9. The minimum atomic E-state index is -0.378. The molecule has 0 bridgehead atoms. The first kappa shape index (κ1) is 16.5. The van der Waals surface area contributed by atoms with E-state index in [0.717, 1.165) is 44.0 Å². The van der Waals surface area contributed by atoms with E-state index in [-0.39, 0.29) is 12.1 Å². The van der Waals surface area contributed by atoms with E-state index < -0.39 is 0 Å². The van der Waals surface area contributed by atoms with Crippen molar-refractivity contribution in [2.75, 3.05) is 45.2 Å². The van der Waals surface area contributed by atoms with Crippen molar-refractivity contribution >= 4 is 5.82 Å². The van der Waals surface area contributed by atoms with Crippen LogP contribution >= 0.6 is 0 Å². The molecule has 2 atom stereocenters. The number of nitrogens with one attached hydrogen (secondary N) is 1. The molecule has 2 aliphatic heterocycles. The van der Waals surface area contributed by atoms with Gasteiger partial charge in [0.2, 0.25) is 0 Å². The van der Waals surface area contributed by atoms with Crippen LogP contribution in [0.25, 0.3) is 11.6 Å². The van der Waals surface area contributed by atoms with Gasteiger partial charge < -0.3 is 24.6 Å². The van der Waals surface area contributed by atoms with Gasteiger partial charge in [-0.15, -0.1) is 0 Å². The number of fused-ring (bicyclic) bond motifs is 1. The maximum atomic E-state index is 10.4. The molecule has 0 amide bonds. The standard InChI is InChI=1S/C18H25N5O2/c1-22(2)14-10-23(11-15(14)24)18-12-5-7-19-8-6-13(12)20-17(21-18)16-4-3-9-25-16/h3-4,9,14-15,19,24H,5-8,10-11H2,1-2H3/t14-,15-/m0/s1. The molecule has 7 nitrogen and oxygen atoms in total. The van der Waals surface area contributed by atoms with Gasteiger partial charge in [-0.25, -0.2) is 9.97 Å². The number of furan rings is 1. The minimum Gasteiger partial charge on any atom is -0.461 e. The molecule has 0 saturated carbocycles. The lowest BCUT2D eigenvalue weighted by Gasteiger charge is -2.24. The summed E-state index contributed by atoms with van der Waals surface area (Å²) in [6.45, 7) is 3.21. The van der Waals surface area contributed by atoms with Crippen LogP contribution in [-0.4, -0.2) is 72.4 Å². The van der Waals surface area contributed by atoms with Crippen LogP contribution in [0.1, 0.15) is 11.3 Å². The van der Waals surface area contributed by atoms with Gasteiger partial charge >= 0.3 is 0 Å². The Hall–Kier alpha value is -1.96. The van der Waals surface area contributed by atoms with E-state index in [1.165, 1.54) is 5.56 Å². The van der Waals surface area contributed by atoms with Gasteiger partial charge in [-0.2, -0.15) is 0 Å². The largest absolute Gasteiger partial charge is 0.461 e. The summed E-state index contributed by atoms with van der Waals surface area (Å²) in [5.41, 5.74) is 2.29. The number of β-amino-alcohol motifs (C(OH)–C–C–N with tert-alkyl or cyclic N) is 1. The third kappa shape index (κ3) is 3.15. The molecular formula is C18H25N5O2. The summed E-state index contributed by atoms with van der Waals surface area (Å²) in [7, 11) is 4.02. The fourth-order valence-corrected chi connectivity index (χ4v) is 3.75. The van der Waals surface area contributed by atoms with Gasteiger partial charge in [0.05, 0.1) is 24.1 Å². The van der Waals surface area contributed by atoms with E-state index in [4.69, 9.17) is 14.4 Å². The summed E-state index contributed by atoms with van der Waals surface area (Å²) in [5.74, 6) is 2.26. The van der Waals surface area contributed by atoms with Gasteiger partial charge in [0.25, 0.3) is 0 Å². The monoisotopic (exact) mass is 343 g/mol. The van der Waals surface area contributed by atoms with E-state index in [0.29, 0.717) is 18.1 Å². The zero-order valence-corrected chi connectivity index (χ0v) is 14.8. The van der Waals surface area contributed by atoms with E-state index in [9.17, 15) is 5.11 Å². The van der Waals surface area contributed by atoms with Gasteiger partial charge in [-0.1, -0.05) is 0 Å². The molecule has 0 aliphatic carbocycles. The number of aromatic nitrogens is 2. The zero-order valence-electron chi connectivity index (χ0n) is 14.8. The highest BCUT2D eigenvalue weighted by Gasteiger charge is 2.35. The van der Waals surface area contributed by atoms with Crippen molar-refractivity contribution < 1.29 is 9.52 Å². The average Bonchev–Trinajstić information content (AvgIpc) is 3.19. The molecule has 1 fully saturated rings. The van der Waals surface area contributed by atoms with E-state index >= 15 is 0 Å². The number of anilines is 1. The summed E-state index contributed by atoms with van der Waals surface area (Å²) in [6.07, 6.45) is 3.05. The van der Waals surface area contributed by atoms with Crippen molar-refractivity contribution in [1.29, 1.82) is 0 Å². The lowest BCUT2D eigenvalue weighted by Crippen LogP contribution is -2.38. The van der Waals surface area contributed by atoms with Crippen molar-refractivity contribution in [3.8, 4) is 11.6 Å². The Morgan fingerprint density at radius 1 is 1.24 bits per heavy atom. The van der Waals surface area contributed by atoms with Crippen LogP contribution in [0.3, 0.4) is 0 Å². The van der Waals surface area contributed by atoms with Gasteiger partial charge in [-0.3, -0.25) is 0 Å². The van der Waals surface area contributed by atoms with Crippen molar-refractivity contribution in [3.63, 3.8) is 0 Å². The highest BCUT2D eigenvalue weighted by molar-refractivity contribution is 5.58. The third-order valence-electron chi connectivity index (χ3n) is 5.12. The Morgan fingerprint density at radius 2 is 2.08 bits per heavy atom. The molecule has 2 aromatic heterocycles. The van der Waals surface area contributed by atoms with Gasteiger partial charge in [0.15, 0.2) is 11.6 Å². The number of likely N-dealkylation sites (N-methyl/N-ethyl adjacent to an activating group) is 1. The van der Waals surface area contributed by atoms with E-state index in [1.807, 2.05) is 26.2 Å². The van der Waals surface area contributed by atoms with Crippen molar-refractivity contribution in [2.45, 2.75) is 25.0 Å². The van der Waals surface area contributed by atoms with Crippen LogP contribution in [0, 0.1) is 0 Å². The Labute approximate surface area is 147 Å². The first-order valence-electron chi connectivity index (χ1n) is 8.87. The van der Waals surface area contributed by atoms with Crippen LogP contribution in [0.2, 0.25) is 0 Å². The second-order valence-corrected chi connectivity index (χ2v) is 7.03. The molecule has 2 N–H and O–H groups in total. The lowest BCUT2D eigenvalue weighted by molar-refractivity contribution is 0.114. The number of rotatable bonds is 3. The molecule has 0 unspecified atom stereocenters. The third-order valence-corrected chi connectivity index (χ3v) is 5.12. The summed E-state index contributed by atoms with van der Waals surface area (Å²) >= 11 is 0. The second kappa shape index (κ2) is 6.74. The van der Waals surface area contributed by atoms with Gasteiger partial charge in [-0.05, 0) is 39.2 Å². The number of hydrogen-bond donors (Lipinski definition) is 2. The molecule has 1 saturated heterocycles. The first-order chi connectivity index (χ1) is 12.1. The lowest BCUT2D eigenvalue weighted by atomic mass is 10.1. The number of nitrogens with zero attached hydrogens (tertiary/aromatic N) is 4. The quantitative estimate of drug-likeness (QED) is 0.842. The maximum Gasteiger partial charge on any atom is 0.197 e. The Bertz CT molecular complexity index is 731. The molecule has 134 valence electrons. The molecular weight excluding hydrogens is 318 g/mol. The number of aliphatic hydroxyl groups is 1. The summed E-state index contributed by atoms with van der Waals surface area (Å²) in [6, 6.07) is 3.86. The van der Waals surface area contributed by atoms with Gasteiger partial charge in [0.1, 0.15) is 5.82 Å². The van der Waals surface area contributed by atoms with Crippen LogP contribution in [0.15, 0.2) is 22.8 Å². The molecule has 4 heterocycles. The second-order valence-electron chi connectivity index (χ2n) is 7.03. The van der Waals surface area contributed by atoms with Crippen LogP contribution < -0.4 is 10.2 Å². The average molecular weight is 343 g/mol. The predicted molar refractivity (Wildman–Crippen MR) is 95.7 cm³/mol. The van der Waals surface area contributed by atoms with Crippen LogP contribution in [0.5, 0.6) is 0 Å². The zero-order chi connectivity index (χ0) is 17.4.